The van der Waals surface area contributed by atoms with E-state index < -0.39 is 31.0 Å². The van der Waals surface area contributed by atoms with E-state index in [1.54, 1.807) is 0 Å². The van der Waals surface area contributed by atoms with Crippen LogP contribution in [-0.4, -0.2) is 31.0 Å². The van der Waals surface area contributed by atoms with Crippen LogP contribution in [0.25, 0.3) is 0 Å². The van der Waals surface area contributed by atoms with Gasteiger partial charge in [0.05, 0.1) is 0 Å². The Morgan fingerprint density at radius 3 is 0.385 bits per heavy atom. The van der Waals surface area contributed by atoms with Gasteiger partial charge in [0.2, 0.25) is 0 Å². The molecule has 0 fully saturated rings. The van der Waals surface area contributed by atoms with Gasteiger partial charge in [0, 0.05) is 44.5 Å². The van der Waals surface area contributed by atoms with Crippen molar-refractivity contribution in [3.8, 4) is 0 Å². The van der Waals surface area contributed by atoms with E-state index in [1.807, 2.05) is 0 Å². The largest absolute Gasteiger partial charge is 6.00 e. The van der Waals surface area contributed by atoms with E-state index in [1.165, 1.54) is 0 Å². The van der Waals surface area contributed by atoms with Crippen LogP contribution in [0.5, 0.6) is 0 Å². The molecule has 0 saturated heterocycles. The molecule has 0 heterocycles. The fourth-order valence-electron chi connectivity index (χ4n) is 0. The van der Waals surface area contributed by atoms with E-state index >= 15 is 0 Å². The maximum atomic E-state index is 9.04. The summed E-state index contributed by atoms with van der Waals surface area (Å²) in [6, 6.07) is 0. The molecule has 0 aliphatic heterocycles. The molecule has 0 atom stereocenters. The molecule has 20 heteroatoms. The number of hydrogen-bond donors (Lipinski definition) is 6. The van der Waals surface area contributed by atoms with Gasteiger partial charge in [-0.2, -0.15) is 0 Å². The zero-order valence-corrected chi connectivity index (χ0v) is 19.9. The molecule has 0 rings (SSSR count). The van der Waals surface area contributed by atoms with E-state index in [0.29, 0.717) is 0 Å². The molecule has 2 radical (unpaired) electrons. The van der Waals surface area contributed by atoms with Gasteiger partial charge in [-0.15, -0.1) is 0 Å². The zero-order valence-electron chi connectivity index (χ0n) is 12.2. The first-order valence-corrected chi connectivity index (χ1v) is 6.63. The van der Waals surface area contributed by atoms with Crippen LogP contribution in [0, 0.1) is 0 Å². The average Bonchev–Trinajstić information content (AvgIpc) is 2.08. The maximum Gasteiger partial charge on any atom is 6.00 e. The fraction of sp³-hybridized carbons (Fsp3) is 0. The van der Waals surface area contributed by atoms with Crippen LogP contribution in [0.15, 0.2) is 0 Å². The zero-order chi connectivity index (χ0) is 21.5. The van der Waals surface area contributed by atoms with E-state index in [9.17, 15) is 0 Å². The van der Waals surface area contributed by atoms with Gasteiger partial charge in [-0.3, -0.25) is 0 Å². The summed E-state index contributed by atoms with van der Waals surface area (Å²) in [6.07, 6.45) is 0. The summed E-state index contributed by atoms with van der Waals surface area (Å²) in [5, 5.41) is 49.7. The number of thiocarbonyl (C=S) groups is 6. The Morgan fingerprint density at radius 1 is 0.385 bits per heavy atom. The Bertz CT molecular complexity index is 287. The predicted molar refractivity (Wildman–Crippen MR) is 108 cm³/mol. The molecule has 0 spiro atoms. The minimum atomic E-state index is -0.750. The molecular weight excluding hydrogens is 573 g/mol. The van der Waals surface area contributed by atoms with Gasteiger partial charge in [-0.05, 0) is 0 Å². The van der Waals surface area contributed by atoms with Crippen LogP contribution in [0.3, 0.4) is 0 Å². The summed E-state index contributed by atoms with van der Waals surface area (Å²) in [6.45, 7) is 0. The Balaban J connectivity index is -0.0000000245. The third-order valence-corrected chi connectivity index (χ3v) is 0. The number of hydrogen-bond acceptors (Lipinski definition) is 12. The van der Waals surface area contributed by atoms with Crippen LogP contribution < -0.4 is 65.0 Å². The SMILES string of the molecule is NC([O-])=S.NC([O-])=S.NC([O-])=S.NC([O-])=S.NC([O-])=S.NC([O-])=S.[Mo+6].[S]. The maximum absolute atomic E-state index is 9.04. The van der Waals surface area contributed by atoms with E-state index in [4.69, 9.17) is 30.6 Å². The summed E-state index contributed by atoms with van der Waals surface area (Å²) in [5.74, 6) is 0. The van der Waals surface area contributed by atoms with Crippen molar-refractivity contribution in [2.75, 3.05) is 0 Å². The average molecular weight is 585 g/mol. The van der Waals surface area contributed by atoms with E-state index in [-0.39, 0.29) is 34.6 Å². The van der Waals surface area contributed by atoms with Crippen LogP contribution in [-0.2, 0) is 21.1 Å². The van der Waals surface area contributed by atoms with Crippen LogP contribution in [0.1, 0.15) is 0 Å². The molecule has 0 aliphatic carbocycles. The van der Waals surface area contributed by atoms with Crippen molar-refractivity contribution in [1.29, 1.82) is 0 Å². The Hall–Kier alpha value is -0.822. The first kappa shape index (κ1) is 49.9. The molecule has 0 bridgehead atoms. The Labute approximate surface area is 202 Å². The van der Waals surface area contributed by atoms with Gasteiger partial charge < -0.3 is 65.0 Å². The van der Waals surface area contributed by atoms with Gasteiger partial charge >= 0.3 is 21.1 Å². The third kappa shape index (κ3) is 16900. The molecule has 0 unspecified atom stereocenters. The fourth-order valence-corrected chi connectivity index (χ4v) is 0. The predicted octanol–water partition coefficient (Wildman–Crippen LogP) is -7.81. The number of nitrogens with two attached hydrogens (primary N) is 6. The van der Waals surface area contributed by atoms with Crippen molar-refractivity contribution in [2.45, 2.75) is 0 Å². The standard InChI is InChI=1S/6CH3NOS.Mo.S/c6*2-1(3)4;;/h6*(H3,2,3,4);;/q;;;;;;+6;/p-6. The van der Waals surface area contributed by atoms with Crippen molar-refractivity contribution in [3.05, 3.63) is 0 Å². The molecule has 0 aliphatic rings. The Kier molecular flexibility index (Phi) is 84.4. The first-order chi connectivity index (χ1) is 10.4. The smallest absolute Gasteiger partial charge is 0.852 e. The molecule has 0 aromatic carbocycles. The van der Waals surface area contributed by atoms with Crippen molar-refractivity contribution in [2.24, 2.45) is 34.4 Å². The third-order valence-electron chi connectivity index (χ3n) is 0. The monoisotopic (exact) mass is 586 g/mol. The topological polar surface area (TPSA) is 294 Å². The second kappa shape index (κ2) is 44.0. The second-order valence-electron chi connectivity index (χ2n) is 1.91. The number of rotatable bonds is 0. The summed E-state index contributed by atoms with van der Waals surface area (Å²) in [7, 11) is 0. The van der Waals surface area contributed by atoms with Gasteiger partial charge in [0.1, 0.15) is 0 Å². The van der Waals surface area contributed by atoms with E-state index in [2.05, 4.69) is 108 Å². The molecule has 12 nitrogen and oxygen atoms in total. The molecule has 0 aromatic rings. The van der Waals surface area contributed by atoms with Gasteiger partial charge in [0.15, 0.2) is 0 Å². The normalized spacial score (nSPS) is 5.54. The van der Waals surface area contributed by atoms with Crippen molar-refractivity contribution in [1.82, 2.24) is 0 Å². The first-order valence-electron chi connectivity index (χ1n) is 4.18. The molecule has 0 saturated carbocycles. The molecule has 0 aromatic heterocycles. The van der Waals surface area contributed by atoms with Crippen molar-refractivity contribution in [3.63, 3.8) is 0 Å². The minimum absolute atomic E-state index is 0. The van der Waals surface area contributed by atoms with Crippen LogP contribution >= 0.6 is 86.8 Å². The Morgan fingerprint density at radius 2 is 0.385 bits per heavy atom. The molecule has 26 heavy (non-hydrogen) atoms. The van der Waals surface area contributed by atoms with E-state index in [0.717, 1.165) is 0 Å². The molecule has 0 amide bonds. The van der Waals surface area contributed by atoms with Crippen molar-refractivity contribution >= 4 is 118 Å². The van der Waals surface area contributed by atoms with Gasteiger partial charge in [-0.1, -0.05) is 73.3 Å². The van der Waals surface area contributed by atoms with Crippen LogP contribution in [0.4, 0.5) is 0 Å². The summed E-state index contributed by atoms with van der Waals surface area (Å²) in [4.78, 5) is 0. The summed E-state index contributed by atoms with van der Waals surface area (Å²) >= 11 is 22.6. The summed E-state index contributed by atoms with van der Waals surface area (Å²) in [5.41, 5.74) is 25.7. The quantitative estimate of drug-likeness (QED) is 0.114. The molecular formula is C6H12MoN6O6S7. The summed E-state index contributed by atoms with van der Waals surface area (Å²) < 4.78 is 0. The second-order valence-corrected chi connectivity index (χ2v) is 4.33. The van der Waals surface area contributed by atoms with Crippen molar-refractivity contribution < 1.29 is 51.7 Å². The van der Waals surface area contributed by atoms with Gasteiger partial charge in [0.25, 0.3) is 0 Å². The molecule has 150 valence electrons. The van der Waals surface area contributed by atoms with Gasteiger partial charge in [-0.25, -0.2) is 0 Å². The van der Waals surface area contributed by atoms with Crippen LogP contribution in [0.2, 0.25) is 0 Å². The minimum Gasteiger partial charge on any atom is -0.852 e. The molecule has 12 N–H and O–H groups in total.